The van der Waals surface area contributed by atoms with Crippen LogP contribution in [0.5, 0.6) is 0 Å². The Kier molecular flexibility index (Phi) is 5.50. The fourth-order valence-corrected chi connectivity index (χ4v) is 3.00. The molecule has 0 saturated heterocycles. The molecular weight excluding hydrogens is 357 g/mol. The first-order valence-corrected chi connectivity index (χ1v) is 7.93. The molecule has 0 bridgehead atoms. The minimum Gasteiger partial charge on any atom is -0.313 e. The van der Waals surface area contributed by atoms with Crippen molar-refractivity contribution in [3.05, 3.63) is 67.6 Å². The first kappa shape index (κ1) is 15.8. The van der Waals surface area contributed by atoms with Crippen LogP contribution in [0.3, 0.4) is 0 Å². The van der Waals surface area contributed by atoms with E-state index in [1.165, 1.54) is 11.1 Å². The minimum atomic E-state index is 0.213. The summed E-state index contributed by atoms with van der Waals surface area (Å²) in [5, 5.41) is 4.72. The number of likely N-dealkylation sites (N-methyl/N-ethyl adjacent to an activating group) is 1. The fourth-order valence-electron chi connectivity index (χ4n) is 2.12. The highest BCUT2D eigenvalue weighted by Crippen LogP contribution is 2.28. The Morgan fingerprint density at radius 1 is 1.15 bits per heavy atom. The molecule has 2 aromatic carbocycles. The van der Waals surface area contributed by atoms with Crippen molar-refractivity contribution in [2.24, 2.45) is 0 Å². The molecule has 0 spiro atoms. The van der Waals surface area contributed by atoms with E-state index in [-0.39, 0.29) is 6.04 Å². The minimum absolute atomic E-state index is 0.213. The molecule has 1 atom stereocenters. The lowest BCUT2D eigenvalue weighted by molar-refractivity contribution is 0.592. The smallest absolute Gasteiger partial charge is 0.0453 e. The zero-order valence-corrected chi connectivity index (χ0v) is 14.5. The van der Waals surface area contributed by atoms with Crippen LogP contribution in [0.2, 0.25) is 10.0 Å². The summed E-state index contributed by atoms with van der Waals surface area (Å²) < 4.78 is 1.12. The summed E-state index contributed by atoms with van der Waals surface area (Å²) in [6, 6.07) is 12.3. The van der Waals surface area contributed by atoms with E-state index in [1.54, 1.807) is 6.07 Å². The summed E-state index contributed by atoms with van der Waals surface area (Å²) in [4.78, 5) is 0. The van der Waals surface area contributed by atoms with Crippen molar-refractivity contribution >= 4 is 39.1 Å². The first-order valence-electron chi connectivity index (χ1n) is 6.38. The maximum absolute atomic E-state index is 6.25. The molecule has 20 heavy (non-hydrogen) atoms. The average Bonchev–Trinajstić information content (AvgIpc) is 2.41. The summed E-state index contributed by atoms with van der Waals surface area (Å²) in [5.41, 5.74) is 3.55. The maximum Gasteiger partial charge on any atom is 0.0453 e. The second kappa shape index (κ2) is 6.95. The molecule has 0 heterocycles. The molecule has 4 heteroatoms. The zero-order valence-electron chi connectivity index (χ0n) is 11.4. The third-order valence-corrected chi connectivity index (χ3v) is 4.83. The van der Waals surface area contributed by atoms with Crippen LogP contribution in [-0.2, 0) is 6.42 Å². The van der Waals surface area contributed by atoms with Crippen molar-refractivity contribution in [1.29, 1.82) is 0 Å². The quantitative estimate of drug-likeness (QED) is 0.739. The average molecular weight is 373 g/mol. The van der Waals surface area contributed by atoms with Crippen LogP contribution in [0.4, 0.5) is 0 Å². The van der Waals surface area contributed by atoms with Crippen molar-refractivity contribution in [2.75, 3.05) is 7.05 Å². The van der Waals surface area contributed by atoms with E-state index in [2.05, 4.69) is 46.4 Å². The summed E-state index contributed by atoms with van der Waals surface area (Å²) in [6.07, 6.45) is 0.821. The largest absolute Gasteiger partial charge is 0.313 e. The summed E-state index contributed by atoms with van der Waals surface area (Å²) in [7, 11) is 1.96. The number of hydrogen-bond donors (Lipinski definition) is 1. The lowest BCUT2D eigenvalue weighted by atomic mass is 9.98. The first-order chi connectivity index (χ1) is 9.51. The second-order valence-corrected chi connectivity index (χ2v) is 6.49. The molecule has 106 valence electrons. The van der Waals surface area contributed by atoms with Crippen molar-refractivity contribution in [2.45, 2.75) is 19.4 Å². The molecule has 2 rings (SSSR count). The van der Waals surface area contributed by atoms with E-state index in [9.17, 15) is 0 Å². The van der Waals surface area contributed by atoms with Crippen LogP contribution in [0.25, 0.3) is 0 Å². The Hall–Kier alpha value is -0.540. The van der Waals surface area contributed by atoms with Gasteiger partial charge in [-0.15, -0.1) is 0 Å². The second-order valence-electron chi connectivity index (χ2n) is 4.79. The predicted octanol–water partition coefficient (Wildman–Crippen LogP) is 5.57. The molecule has 0 aliphatic carbocycles. The molecule has 0 saturated carbocycles. The van der Waals surface area contributed by atoms with Gasteiger partial charge in [0.2, 0.25) is 0 Å². The standard InChI is InChI=1S/C16H16BrCl2N/c1-10-3-4-12(7-14(10)17)16(20-2)8-11-5-6-13(18)9-15(11)19/h3-7,9,16,20H,8H2,1-2H3. The van der Waals surface area contributed by atoms with Crippen molar-refractivity contribution in [1.82, 2.24) is 5.32 Å². The van der Waals surface area contributed by atoms with Crippen LogP contribution >= 0.6 is 39.1 Å². The third-order valence-electron chi connectivity index (χ3n) is 3.39. The fraction of sp³-hybridized carbons (Fsp3) is 0.250. The van der Waals surface area contributed by atoms with E-state index in [4.69, 9.17) is 23.2 Å². The summed E-state index contributed by atoms with van der Waals surface area (Å²) in [6.45, 7) is 2.08. The molecule has 0 aliphatic rings. The van der Waals surface area contributed by atoms with Crippen molar-refractivity contribution in [3.8, 4) is 0 Å². The Morgan fingerprint density at radius 3 is 2.50 bits per heavy atom. The lowest BCUT2D eigenvalue weighted by Gasteiger charge is -2.18. The maximum atomic E-state index is 6.25. The number of benzene rings is 2. The van der Waals surface area contributed by atoms with Gasteiger partial charge in [-0.25, -0.2) is 0 Å². The highest BCUT2D eigenvalue weighted by atomic mass is 79.9. The number of nitrogens with one attached hydrogen (secondary N) is 1. The Balaban J connectivity index is 2.26. The van der Waals surface area contributed by atoms with Crippen molar-refractivity contribution < 1.29 is 0 Å². The molecule has 0 radical (unpaired) electrons. The van der Waals surface area contributed by atoms with Crippen LogP contribution in [0.1, 0.15) is 22.7 Å². The molecule has 1 N–H and O–H groups in total. The molecule has 0 aromatic heterocycles. The molecule has 0 amide bonds. The topological polar surface area (TPSA) is 12.0 Å². The molecule has 1 nitrogen and oxygen atoms in total. The monoisotopic (exact) mass is 371 g/mol. The number of halogens is 3. The summed E-state index contributed by atoms with van der Waals surface area (Å²) in [5.74, 6) is 0. The Morgan fingerprint density at radius 2 is 1.90 bits per heavy atom. The van der Waals surface area contributed by atoms with Gasteiger partial charge >= 0.3 is 0 Å². The van der Waals surface area contributed by atoms with Crippen LogP contribution in [0.15, 0.2) is 40.9 Å². The lowest BCUT2D eigenvalue weighted by Crippen LogP contribution is -2.19. The van der Waals surface area contributed by atoms with Gasteiger partial charge in [-0.1, -0.05) is 57.3 Å². The Labute approximate surface area is 138 Å². The normalized spacial score (nSPS) is 12.4. The number of hydrogen-bond acceptors (Lipinski definition) is 1. The number of aryl methyl sites for hydroxylation is 1. The van der Waals surface area contributed by atoms with E-state index in [0.29, 0.717) is 10.0 Å². The molecular formula is C16H16BrCl2N. The Bertz CT molecular complexity index is 613. The van der Waals surface area contributed by atoms with Gasteiger partial charge in [0.25, 0.3) is 0 Å². The summed E-state index contributed by atoms with van der Waals surface area (Å²) >= 11 is 15.8. The van der Waals surface area contributed by atoms with Gasteiger partial charge in [-0.05, 0) is 55.3 Å². The molecule has 0 fully saturated rings. The molecule has 0 aliphatic heterocycles. The van der Waals surface area contributed by atoms with Crippen LogP contribution < -0.4 is 5.32 Å². The third kappa shape index (κ3) is 3.76. The van der Waals surface area contributed by atoms with Gasteiger partial charge in [0.15, 0.2) is 0 Å². The van der Waals surface area contributed by atoms with Gasteiger partial charge in [-0.3, -0.25) is 0 Å². The van der Waals surface area contributed by atoms with Crippen molar-refractivity contribution in [3.63, 3.8) is 0 Å². The van der Waals surface area contributed by atoms with Crippen LogP contribution in [0, 0.1) is 6.92 Å². The van der Waals surface area contributed by atoms with E-state index in [1.807, 2.05) is 19.2 Å². The van der Waals surface area contributed by atoms with Gasteiger partial charge in [0.1, 0.15) is 0 Å². The zero-order chi connectivity index (χ0) is 14.7. The predicted molar refractivity (Wildman–Crippen MR) is 90.8 cm³/mol. The number of rotatable bonds is 4. The van der Waals surface area contributed by atoms with Gasteiger partial charge in [-0.2, -0.15) is 0 Å². The van der Waals surface area contributed by atoms with E-state index < -0.39 is 0 Å². The van der Waals surface area contributed by atoms with E-state index in [0.717, 1.165) is 16.5 Å². The highest BCUT2D eigenvalue weighted by molar-refractivity contribution is 9.10. The SMILES string of the molecule is CNC(Cc1ccc(Cl)cc1Cl)c1ccc(C)c(Br)c1. The van der Waals surface area contributed by atoms with Gasteiger partial charge in [0, 0.05) is 20.6 Å². The van der Waals surface area contributed by atoms with E-state index >= 15 is 0 Å². The van der Waals surface area contributed by atoms with Gasteiger partial charge < -0.3 is 5.32 Å². The molecule has 1 unspecified atom stereocenters. The van der Waals surface area contributed by atoms with Crippen LogP contribution in [-0.4, -0.2) is 7.05 Å². The molecule has 2 aromatic rings. The highest BCUT2D eigenvalue weighted by Gasteiger charge is 2.13. The van der Waals surface area contributed by atoms with Gasteiger partial charge in [0.05, 0.1) is 0 Å².